The molecule has 1 heterocycles. The summed E-state index contributed by atoms with van der Waals surface area (Å²) in [5.41, 5.74) is 0.440. The van der Waals surface area contributed by atoms with Crippen molar-refractivity contribution in [2.45, 2.75) is 18.4 Å². The van der Waals surface area contributed by atoms with Crippen molar-refractivity contribution in [2.24, 2.45) is 0 Å². The average Bonchev–Trinajstić information content (AvgIpc) is 2.30. The van der Waals surface area contributed by atoms with Crippen molar-refractivity contribution in [1.82, 2.24) is 4.90 Å². The van der Waals surface area contributed by atoms with E-state index in [0.717, 1.165) is 4.90 Å². The van der Waals surface area contributed by atoms with Crippen molar-refractivity contribution in [2.75, 3.05) is 13.1 Å². The van der Waals surface area contributed by atoms with E-state index in [-0.39, 0.29) is 18.3 Å². The molecule has 2 atom stereocenters. The highest BCUT2D eigenvalue weighted by molar-refractivity contribution is 9.10. The van der Waals surface area contributed by atoms with Crippen molar-refractivity contribution >= 4 is 22.0 Å². The number of halogens is 2. The van der Waals surface area contributed by atoms with Crippen LogP contribution in [0.2, 0.25) is 0 Å². The molecule has 1 amide bonds. The van der Waals surface area contributed by atoms with Crippen LogP contribution in [0.5, 0.6) is 0 Å². The lowest BCUT2D eigenvalue weighted by Gasteiger charge is -2.34. The first-order chi connectivity index (χ1) is 8.49. The number of amides is 1. The molecule has 6 heteroatoms. The number of hydrogen-bond acceptors (Lipinski definition) is 2. The van der Waals surface area contributed by atoms with E-state index in [1.807, 2.05) is 0 Å². The van der Waals surface area contributed by atoms with Crippen molar-refractivity contribution in [3.63, 3.8) is 0 Å². The fraction of sp³-hybridized carbons (Fsp3) is 0.417. The van der Waals surface area contributed by atoms with Crippen LogP contribution in [-0.4, -0.2) is 40.4 Å². The average molecular weight is 318 g/mol. The third kappa shape index (κ3) is 2.64. The van der Waals surface area contributed by atoms with Gasteiger partial charge >= 0.3 is 6.09 Å². The van der Waals surface area contributed by atoms with Gasteiger partial charge in [-0.3, -0.25) is 0 Å². The van der Waals surface area contributed by atoms with E-state index in [1.165, 1.54) is 6.07 Å². The zero-order valence-electron chi connectivity index (χ0n) is 9.51. The Balaban J connectivity index is 2.17. The molecule has 1 aliphatic heterocycles. The first kappa shape index (κ1) is 13.3. The second-order valence-corrected chi connectivity index (χ2v) is 5.27. The van der Waals surface area contributed by atoms with Gasteiger partial charge in [-0.1, -0.05) is 22.0 Å². The number of aliphatic hydroxyl groups excluding tert-OH is 1. The van der Waals surface area contributed by atoms with Crippen LogP contribution in [-0.2, 0) is 0 Å². The summed E-state index contributed by atoms with van der Waals surface area (Å²) >= 11 is 3.18. The lowest BCUT2D eigenvalue weighted by molar-refractivity contribution is 0.0495. The SMILES string of the molecule is O=C(O)N1CCC(c2ccc(Br)cc2F)[C@@H](O)C1. The number of carbonyl (C=O) groups is 1. The molecule has 1 unspecified atom stereocenters. The predicted molar refractivity (Wildman–Crippen MR) is 67.1 cm³/mol. The maximum Gasteiger partial charge on any atom is 0.407 e. The highest BCUT2D eigenvalue weighted by atomic mass is 79.9. The van der Waals surface area contributed by atoms with Gasteiger partial charge in [0.25, 0.3) is 0 Å². The number of aliphatic hydroxyl groups is 1. The third-order valence-corrected chi connectivity index (χ3v) is 3.71. The molecular weight excluding hydrogens is 305 g/mol. The van der Waals surface area contributed by atoms with Gasteiger partial charge in [0.1, 0.15) is 5.82 Å². The van der Waals surface area contributed by atoms with E-state index in [9.17, 15) is 14.3 Å². The highest BCUT2D eigenvalue weighted by Crippen LogP contribution is 2.31. The Hall–Kier alpha value is -1.14. The second-order valence-electron chi connectivity index (χ2n) is 4.36. The molecule has 0 aromatic heterocycles. The van der Waals surface area contributed by atoms with Crippen LogP contribution in [0.4, 0.5) is 9.18 Å². The van der Waals surface area contributed by atoms with Crippen molar-refractivity contribution in [3.8, 4) is 0 Å². The quantitative estimate of drug-likeness (QED) is 0.836. The number of β-amino-alcohol motifs (C(OH)–C–C–N with tert-alkyl or cyclic N) is 1. The lowest BCUT2D eigenvalue weighted by atomic mass is 9.87. The Labute approximate surface area is 112 Å². The van der Waals surface area contributed by atoms with Gasteiger partial charge in [-0.05, 0) is 24.1 Å². The Morgan fingerprint density at radius 1 is 1.50 bits per heavy atom. The van der Waals surface area contributed by atoms with Crippen LogP contribution < -0.4 is 0 Å². The topological polar surface area (TPSA) is 60.8 Å². The first-order valence-electron chi connectivity index (χ1n) is 5.60. The van der Waals surface area contributed by atoms with E-state index in [4.69, 9.17) is 5.11 Å². The number of carboxylic acid groups (broad SMARTS) is 1. The number of nitrogens with zero attached hydrogens (tertiary/aromatic N) is 1. The van der Waals surface area contributed by atoms with Gasteiger partial charge in [0.15, 0.2) is 0 Å². The normalized spacial score (nSPS) is 24.1. The number of benzene rings is 1. The molecule has 18 heavy (non-hydrogen) atoms. The Morgan fingerprint density at radius 3 is 2.78 bits per heavy atom. The van der Waals surface area contributed by atoms with Crippen molar-refractivity contribution in [1.29, 1.82) is 0 Å². The van der Waals surface area contributed by atoms with Gasteiger partial charge in [0, 0.05) is 16.9 Å². The highest BCUT2D eigenvalue weighted by Gasteiger charge is 2.32. The Kier molecular flexibility index (Phi) is 3.87. The van der Waals surface area contributed by atoms with Crippen molar-refractivity contribution < 1.29 is 19.4 Å². The molecule has 98 valence electrons. The Morgan fingerprint density at radius 2 is 2.22 bits per heavy atom. The fourth-order valence-corrected chi connectivity index (χ4v) is 2.60. The van der Waals surface area contributed by atoms with Crippen LogP contribution in [0.1, 0.15) is 17.9 Å². The van der Waals surface area contributed by atoms with Crippen LogP contribution in [0.15, 0.2) is 22.7 Å². The summed E-state index contributed by atoms with van der Waals surface area (Å²) in [6, 6.07) is 4.70. The van der Waals surface area contributed by atoms with Gasteiger partial charge in [-0.25, -0.2) is 9.18 Å². The molecular formula is C12H13BrFNO3. The molecule has 2 rings (SSSR count). The molecule has 2 N–H and O–H groups in total. The first-order valence-corrected chi connectivity index (χ1v) is 6.39. The number of hydrogen-bond donors (Lipinski definition) is 2. The summed E-state index contributed by atoms with van der Waals surface area (Å²) in [6.45, 7) is 0.335. The number of likely N-dealkylation sites (tertiary alicyclic amines) is 1. The minimum Gasteiger partial charge on any atom is -0.465 e. The number of rotatable bonds is 1. The summed E-state index contributed by atoms with van der Waals surface area (Å²) in [4.78, 5) is 11.9. The van der Waals surface area contributed by atoms with E-state index >= 15 is 0 Å². The van der Waals surface area contributed by atoms with Crippen LogP contribution >= 0.6 is 15.9 Å². The van der Waals surface area contributed by atoms with Crippen LogP contribution in [0, 0.1) is 5.82 Å². The number of piperidine rings is 1. The van der Waals surface area contributed by atoms with Gasteiger partial charge in [0.05, 0.1) is 12.6 Å². The smallest absolute Gasteiger partial charge is 0.407 e. The van der Waals surface area contributed by atoms with E-state index in [1.54, 1.807) is 12.1 Å². The van der Waals surface area contributed by atoms with E-state index in [2.05, 4.69) is 15.9 Å². The molecule has 0 spiro atoms. The van der Waals surface area contributed by atoms with Gasteiger partial charge in [-0.15, -0.1) is 0 Å². The van der Waals surface area contributed by atoms with Crippen LogP contribution in [0.25, 0.3) is 0 Å². The monoisotopic (exact) mass is 317 g/mol. The molecule has 1 aliphatic rings. The maximum atomic E-state index is 13.8. The van der Waals surface area contributed by atoms with Gasteiger partial charge < -0.3 is 15.1 Å². The molecule has 0 saturated carbocycles. The predicted octanol–water partition coefficient (Wildman–Crippen LogP) is 2.42. The van der Waals surface area contributed by atoms with Gasteiger partial charge in [0.2, 0.25) is 0 Å². The minimum absolute atomic E-state index is 0.0233. The summed E-state index contributed by atoms with van der Waals surface area (Å²) in [5.74, 6) is -0.731. The fourth-order valence-electron chi connectivity index (χ4n) is 2.27. The molecule has 1 saturated heterocycles. The molecule has 0 radical (unpaired) electrons. The van der Waals surface area contributed by atoms with E-state index < -0.39 is 12.2 Å². The molecule has 0 aliphatic carbocycles. The molecule has 1 aromatic rings. The van der Waals surface area contributed by atoms with Gasteiger partial charge in [-0.2, -0.15) is 0 Å². The zero-order chi connectivity index (χ0) is 13.3. The summed E-state index contributed by atoms with van der Waals surface area (Å²) in [7, 11) is 0. The minimum atomic E-state index is -1.05. The summed E-state index contributed by atoms with van der Waals surface area (Å²) in [5, 5.41) is 18.8. The summed E-state index contributed by atoms with van der Waals surface area (Å²) < 4.78 is 14.4. The van der Waals surface area contributed by atoms with Crippen molar-refractivity contribution in [3.05, 3.63) is 34.1 Å². The lowest BCUT2D eigenvalue weighted by Crippen LogP contribution is -2.45. The second kappa shape index (κ2) is 5.24. The zero-order valence-corrected chi connectivity index (χ0v) is 11.1. The largest absolute Gasteiger partial charge is 0.465 e. The summed E-state index contributed by atoms with van der Waals surface area (Å²) in [6.07, 6.45) is -1.50. The Bertz CT molecular complexity index is 469. The molecule has 4 nitrogen and oxygen atoms in total. The standard InChI is InChI=1S/C12H13BrFNO3/c13-7-1-2-8(10(14)5-7)9-3-4-15(12(17)18)6-11(9)16/h1-2,5,9,11,16H,3-4,6H2,(H,17,18)/t9?,11-/m0/s1. The molecule has 1 aromatic carbocycles. The van der Waals surface area contributed by atoms with Crippen LogP contribution in [0.3, 0.4) is 0 Å². The molecule has 0 bridgehead atoms. The van der Waals surface area contributed by atoms with E-state index in [0.29, 0.717) is 23.0 Å². The molecule has 1 fully saturated rings. The maximum absolute atomic E-state index is 13.8. The third-order valence-electron chi connectivity index (χ3n) is 3.21.